The van der Waals surface area contributed by atoms with E-state index in [0.717, 1.165) is 29.0 Å². The van der Waals surface area contributed by atoms with E-state index in [1.165, 1.54) is 29.7 Å². The van der Waals surface area contributed by atoms with Gasteiger partial charge >= 0.3 is 0 Å². The highest BCUT2D eigenvalue weighted by Gasteiger charge is 2.16. The summed E-state index contributed by atoms with van der Waals surface area (Å²) in [6, 6.07) is 9.48. The van der Waals surface area contributed by atoms with Crippen LogP contribution in [0.5, 0.6) is 0 Å². The molecule has 4 nitrogen and oxygen atoms in total. The van der Waals surface area contributed by atoms with Gasteiger partial charge in [-0.2, -0.15) is 5.10 Å². The van der Waals surface area contributed by atoms with E-state index in [1.54, 1.807) is 11.3 Å². The van der Waals surface area contributed by atoms with Crippen LogP contribution in [0.1, 0.15) is 51.9 Å². The monoisotopic (exact) mass is 327 g/mol. The predicted octanol–water partition coefficient (Wildman–Crippen LogP) is 3.75. The third-order valence-corrected chi connectivity index (χ3v) is 5.36. The second-order valence-corrected chi connectivity index (χ2v) is 7.02. The van der Waals surface area contributed by atoms with Crippen molar-refractivity contribution in [3.63, 3.8) is 0 Å². The summed E-state index contributed by atoms with van der Waals surface area (Å²) < 4.78 is 0. The molecule has 0 bridgehead atoms. The van der Waals surface area contributed by atoms with E-state index >= 15 is 0 Å². The number of hydrogen-bond acceptors (Lipinski definition) is 4. The molecule has 0 unspecified atom stereocenters. The number of rotatable bonds is 3. The first-order valence-corrected chi connectivity index (χ1v) is 8.77. The summed E-state index contributed by atoms with van der Waals surface area (Å²) in [5, 5.41) is 4.21. The molecule has 0 fully saturated rings. The molecular formula is C18H21N3OS. The van der Waals surface area contributed by atoms with Crippen LogP contribution in [0.15, 0.2) is 35.4 Å². The molecule has 1 aliphatic rings. The fourth-order valence-corrected chi connectivity index (χ4v) is 3.90. The van der Waals surface area contributed by atoms with Crippen LogP contribution >= 0.6 is 11.3 Å². The maximum atomic E-state index is 12.3. The maximum absolute atomic E-state index is 12.3. The van der Waals surface area contributed by atoms with Crippen molar-refractivity contribution >= 4 is 28.6 Å². The summed E-state index contributed by atoms with van der Waals surface area (Å²) in [7, 11) is 0. The van der Waals surface area contributed by atoms with Crippen molar-refractivity contribution in [2.75, 3.05) is 5.73 Å². The number of nitrogens with two attached hydrogens (primary N) is 1. The van der Waals surface area contributed by atoms with E-state index in [-0.39, 0.29) is 5.91 Å². The van der Waals surface area contributed by atoms with Crippen LogP contribution in [0.3, 0.4) is 0 Å². The average molecular weight is 327 g/mol. The number of amides is 1. The molecule has 1 aromatic heterocycles. The van der Waals surface area contributed by atoms with Crippen molar-refractivity contribution in [3.05, 3.63) is 51.2 Å². The number of anilines is 1. The zero-order valence-electron chi connectivity index (χ0n) is 13.3. The largest absolute Gasteiger partial charge is 0.399 e. The zero-order chi connectivity index (χ0) is 16.2. The Bertz CT molecular complexity index is 708. The van der Waals surface area contributed by atoms with E-state index in [4.69, 9.17) is 5.73 Å². The summed E-state index contributed by atoms with van der Waals surface area (Å²) in [4.78, 5) is 14.4. The number of carbonyl (C=O) groups excluding carboxylic acids is 1. The molecule has 3 rings (SSSR count). The Balaban J connectivity index is 1.69. The third kappa shape index (κ3) is 3.79. The molecule has 1 aromatic carbocycles. The van der Waals surface area contributed by atoms with Gasteiger partial charge in [-0.15, -0.1) is 11.3 Å². The lowest BCUT2D eigenvalue weighted by Gasteiger charge is -2.02. The van der Waals surface area contributed by atoms with Crippen molar-refractivity contribution in [1.82, 2.24) is 5.43 Å². The molecule has 0 saturated heterocycles. The number of nitrogen functional groups attached to an aromatic ring is 1. The number of aryl methyl sites for hydroxylation is 2. The zero-order valence-corrected chi connectivity index (χ0v) is 14.1. The minimum Gasteiger partial charge on any atom is -0.399 e. The smallest absolute Gasteiger partial charge is 0.281 e. The SMILES string of the molecule is CC(=NNC(=O)c1cc2c(s1)CCCCC2)c1ccc(N)cc1. The topological polar surface area (TPSA) is 67.5 Å². The van der Waals surface area contributed by atoms with Crippen LogP contribution in [0.2, 0.25) is 0 Å². The first kappa shape index (κ1) is 15.7. The standard InChI is InChI=1S/C18H21N3OS/c1-12(13-7-9-15(19)10-8-13)20-21-18(22)17-11-14-5-3-2-4-6-16(14)23-17/h7-11H,2-6,19H2,1H3,(H,21,22). The molecule has 1 aliphatic carbocycles. The molecule has 23 heavy (non-hydrogen) atoms. The van der Waals surface area contributed by atoms with E-state index in [2.05, 4.69) is 10.5 Å². The molecule has 0 atom stereocenters. The number of hydrogen-bond donors (Lipinski definition) is 2. The molecular weight excluding hydrogens is 306 g/mol. The van der Waals surface area contributed by atoms with Crippen molar-refractivity contribution in [3.8, 4) is 0 Å². The number of nitrogens with one attached hydrogen (secondary N) is 1. The lowest BCUT2D eigenvalue weighted by molar-refractivity contribution is 0.0959. The second-order valence-electron chi connectivity index (χ2n) is 5.88. The fourth-order valence-electron chi connectivity index (χ4n) is 2.76. The fraction of sp³-hybridized carbons (Fsp3) is 0.333. The lowest BCUT2D eigenvalue weighted by Crippen LogP contribution is -2.18. The van der Waals surface area contributed by atoms with Crippen LogP contribution in [0.4, 0.5) is 5.69 Å². The molecule has 0 radical (unpaired) electrons. The molecule has 0 saturated carbocycles. The van der Waals surface area contributed by atoms with Gasteiger partial charge in [0.25, 0.3) is 5.91 Å². The maximum Gasteiger partial charge on any atom is 0.281 e. The normalized spacial score (nSPS) is 14.9. The minimum absolute atomic E-state index is 0.127. The van der Waals surface area contributed by atoms with Gasteiger partial charge in [0.05, 0.1) is 10.6 Å². The van der Waals surface area contributed by atoms with Crippen molar-refractivity contribution in [1.29, 1.82) is 0 Å². The van der Waals surface area contributed by atoms with Crippen LogP contribution < -0.4 is 11.2 Å². The summed E-state index contributed by atoms with van der Waals surface area (Å²) in [5.74, 6) is -0.127. The van der Waals surface area contributed by atoms with Gasteiger partial charge in [0.1, 0.15) is 0 Å². The summed E-state index contributed by atoms with van der Waals surface area (Å²) in [6.07, 6.45) is 5.92. The Kier molecular flexibility index (Phi) is 4.76. The Morgan fingerprint density at radius 1 is 1.17 bits per heavy atom. The predicted molar refractivity (Wildman–Crippen MR) is 96.1 cm³/mol. The number of thiophene rings is 1. The molecule has 3 N–H and O–H groups in total. The summed E-state index contributed by atoms with van der Waals surface area (Å²) in [6.45, 7) is 1.87. The Morgan fingerprint density at radius 2 is 1.91 bits per heavy atom. The number of hydrazone groups is 1. The van der Waals surface area contributed by atoms with E-state index in [0.29, 0.717) is 5.69 Å². The molecule has 120 valence electrons. The quantitative estimate of drug-likeness (QED) is 0.390. The summed E-state index contributed by atoms with van der Waals surface area (Å²) in [5.41, 5.74) is 12.1. The Morgan fingerprint density at radius 3 is 2.70 bits per heavy atom. The molecule has 0 aliphatic heterocycles. The van der Waals surface area contributed by atoms with Crippen LogP contribution in [0.25, 0.3) is 0 Å². The van der Waals surface area contributed by atoms with Gasteiger partial charge in [0, 0.05) is 10.6 Å². The molecule has 2 aromatic rings. The van der Waals surface area contributed by atoms with Crippen molar-refractivity contribution in [2.45, 2.75) is 39.0 Å². The second kappa shape index (κ2) is 6.96. The first-order chi connectivity index (χ1) is 11.1. The molecule has 1 heterocycles. The van der Waals surface area contributed by atoms with Crippen molar-refractivity contribution in [2.24, 2.45) is 5.10 Å². The van der Waals surface area contributed by atoms with E-state index in [1.807, 2.05) is 37.3 Å². The van der Waals surface area contributed by atoms with Gasteiger partial charge in [-0.1, -0.05) is 18.6 Å². The highest BCUT2D eigenvalue weighted by atomic mass is 32.1. The van der Waals surface area contributed by atoms with Gasteiger partial charge in [0.2, 0.25) is 0 Å². The summed E-state index contributed by atoms with van der Waals surface area (Å²) >= 11 is 1.61. The molecule has 0 spiro atoms. The van der Waals surface area contributed by atoms with E-state index in [9.17, 15) is 4.79 Å². The van der Waals surface area contributed by atoms with Gasteiger partial charge in [-0.3, -0.25) is 4.79 Å². The van der Waals surface area contributed by atoms with Crippen LogP contribution in [0, 0.1) is 0 Å². The van der Waals surface area contributed by atoms with Gasteiger partial charge in [0.15, 0.2) is 0 Å². The van der Waals surface area contributed by atoms with Gasteiger partial charge < -0.3 is 5.73 Å². The highest BCUT2D eigenvalue weighted by Crippen LogP contribution is 2.28. The van der Waals surface area contributed by atoms with Crippen LogP contribution in [-0.2, 0) is 12.8 Å². The number of fused-ring (bicyclic) bond motifs is 1. The van der Waals surface area contributed by atoms with Gasteiger partial charge in [-0.05, 0) is 61.9 Å². The number of carbonyl (C=O) groups is 1. The minimum atomic E-state index is -0.127. The molecule has 5 heteroatoms. The van der Waals surface area contributed by atoms with Crippen molar-refractivity contribution < 1.29 is 4.79 Å². The molecule has 1 amide bonds. The Hall–Kier alpha value is -2.14. The lowest BCUT2D eigenvalue weighted by atomic mass is 10.1. The number of benzene rings is 1. The Labute approximate surface area is 140 Å². The first-order valence-electron chi connectivity index (χ1n) is 7.95. The van der Waals surface area contributed by atoms with Crippen LogP contribution in [-0.4, -0.2) is 11.6 Å². The van der Waals surface area contributed by atoms with Gasteiger partial charge in [-0.25, -0.2) is 5.43 Å². The number of nitrogens with zero attached hydrogens (tertiary/aromatic N) is 1. The average Bonchev–Trinajstić information content (AvgIpc) is 2.84. The highest BCUT2D eigenvalue weighted by molar-refractivity contribution is 7.14. The van der Waals surface area contributed by atoms with E-state index < -0.39 is 0 Å². The third-order valence-electron chi connectivity index (χ3n) is 4.12.